The lowest BCUT2D eigenvalue weighted by Gasteiger charge is -2.34. The number of hydrogen-bond donors (Lipinski definition) is 1. The van der Waals surface area contributed by atoms with Crippen LogP contribution in [0.1, 0.15) is 32.8 Å². The van der Waals surface area contributed by atoms with Gasteiger partial charge < -0.3 is 10.6 Å². The fourth-order valence-corrected chi connectivity index (χ4v) is 2.50. The molecule has 1 aromatic rings. The van der Waals surface area contributed by atoms with Crippen LogP contribution in [-0.2, 0) is 0 Å². The molecule has 1 rings (SSSR count). The Labute approximate surface area is 131 Å². The number of hydrogen-bond acceptors (Lipinski definition) is 4. The molecule has 0 unspecified atom stereocenters. The molecule has 0 spiro atoms. The molecular formula is C15H24ClN3O2. The lowest BCUT2D eigenvalue weighted by molar-refractivity contribution is -0.384. The van der Waals surface area contributed by atoms with Crippen molar-refractivity contribution in [2.75, 3.05) is 24.5 Å². The second-order valence-corrected chi connectivity index (χ2v) is 6.54. The minimum atomic E-state index is -0.451. The highest BCUT2D eigenvalue weighted by Gasteiger charge is 2.23. The van der Waals surface area contributed by atoms with Gasteiger partial charge in [0.2, 0.25) is 0 Å². The molecule has 0 aromatic heterocycles. The molecule has 5 nitrogen and oxygen atoms in total. The van der Waals surface area contributed by atoms with Gasteiger partial charge in [0.25, 0.3) is 5.69 Å². The van der Waals surface area contributed by atoms with Gasteiger partial charge in [-0.2, -0.15) is 0 Å². The van der Waals surface area contributed by atoms with E-state index in [2.05, 4.69) is 25.7 Å². The van der Waals surface area contributed by atoms with Gasteiger partial charge in [0.1, 0.15) is 5.02 Å². The predicted octanol–water partition coefficient (Wildman–Crippen LogP) is 3.76. The van der Waals surface area contributed by atoms with Crippen molar-refractivity contribution in [2.45, 2.75) is 34.1 Å². The van der Waals surface area contributed by atoms with Gasteiger partial charge in [0.05, 0.1) is 4.92 Å². The molecule has 0 fully saturated rings. The third-order valence-electron chi connectivity index (χ3n) is 3.47. The van der Waals surface area contributed by atoms with Crippen molar-refractivity contribution in [1.29, 1.82) is 0 Å². The monoisotopic (exact) mass is 313 g/mol. The summed E-state index contributed by atoms with van der Waals surface area (Å²) in [4.78, 5) is 12.7. The van der Waals surface area contributed by atoms with Crippen molar-refractivity contribution in [1.82, 2.24) is 0 Å². The molecule has 0 aliphatic rings. The van der Waals surface area contributed by atoms with Crippen molar-refractivity contribution in [3.63, 3.8) is 0 Å². The number of anilines is 1. The Morgan fingerprint density at radius 1 is 1.43 bits per heavy atom. The van der Waals surface area contributed by atoms with Gasteiger partial charge in [0.15, 0.2) is 0 Å². The van der Waals surface area contributed by atoms with E-state index in [4.69, 9.17) is 17.3 Å². The van der Waals surface area contributed by atoms with Crippen LogP contribution < -0.4 is 10.6 Å². The number of nitrogens with zero attached hydrogens (tertiary/aromatic N) is 2. The average molecular weight is 314 g/mol. The van der Waals surface area contributed by atoms with Crippen molar-refractivity contribution < 1.29 is 4.92 Å². The minimum absolute atomic E-state index is 0.0319. The molecule has 118 valence electrons. The predicted molar refractivity (Wildman–Crippen MR) is 88.2 cm³/mol. The number of rotatable bonds is 7. The summed E-state index contributed by atoms with van der Waals surface area (Å²) in [7, 11) is 0. The van der Waals surface area contributed by atoms with Gasteiger partial charge in [-0.25, -0.2) is 0 Å². The lowest BCUT2D eigenvalue weighted by Crippen LogP contribution is -2.39. The van der Waals surface area contributed by atoms with Crippen LogP contribution in [0.3, 0.4) is 0 Å². The van der Waals surface area contributed by atoms with Crippen LogP contribution in [0.4, 0.5) is 11.4 Å². The Bertz CT molecular complexity index is 518. The van der Waals surface area contributed by atoms with Crippen LogP contribution >= 0.6 is 11.6 Å². The summed E-state index contributed by atoms with van der Waals surface area (Å²) in [6, 6.07) is 3.23. The van der Waals surface area contributed by atoms with Crippen LogP contribution in [0.5, 0.6) is 0 Å². The van der Waals surface area contributed by atoms with Crippen LogP contribution in [0.15, 0.2) is 12.1 Å². The van der Waals surface area contributed by atoms with Gasteiger partial charge >= 0.3 is 0 Å². The quantitative estimate of drug-likeness (QED) is 0.614. The van der Waals surface area contributed by atoms with Crippen molar-refractivity contribution in [2.24, 2.45) is 11.1 Å². The maximum Gasteiger partial charge on any atom is 0.288 e. The average Bonchev–Trinajstić information content (AvgIpc) is 2.40. The molecule has 2 N–H and O–H groups in total. The van der Waals surface area contributed by atoms with Crippen LogP contribution in [0, 0.1) is 22.5 Å². The van der Waals surface area contributed by atoms with Crippen molar-refractivity contribution >= 4 is 23.0 Å². The smallest absolute Gasteiger partial charge is 0.288 e. The maximum absolute atomic E-state index is 10.9. The number of nitrogens with two attached hydrogens (primary N) is 1. The largest absolute Gasteiger partial charge is 0.371 e. The molecule has 0 heterocycles. The third-order valence-corrected chi connectivity index (χ3v) is 3.77. The first-order valence-corrected chi connectivity index (χ1v) is 7.49. The number of nitro groups is 1. The standard InChI is InChI=1S/C15H24ClN3O2/c1-5-6-18(10-15(3,4)9-17)13-8-12(16)14(19(20)21)7-11(13)2/h7-8H,5-6,9-10,17H2,1-4H3. The summed E-state index contributed by atoms with van der Waals surface area (Å²) in [5.74, 6) is 0. The van der Waals surface area contributed by atoms with Gasteiger partial charge in [-0.1, -0.05) is 32.4 Å². The molecule has 0 amide bonds. The summed E-state index contributed by atoms with van der Waals surface area (Å²) < 4.78 is 0. The number of nitro benzene ring substituents is 1. The number of benzene rings is 1. The second-order valence-electron chi connectivity index (χ2n) is 6.14. The van der Waals surface area contributed by atoms with E-state index in [1.807, 2.05) is 6.92 Å². The van der Waals surface area contributed by atoms with E-state index in [1.54, 1.807) is 6.07 Å². The van der Waals surface area contributed by atoms with Gasteiger partial charge in [-0.3, -0.25) is 10.1 Å². The van der Waals surface area contributed by atoms with E-state index < -0.39 is 4.92 Å². The molecule has 0 saturated heterocycles. The highest BCUT2D eigenvalue weighted by molar-refractivity contribution is 6.33. The molecule has 1 aromatic carbocycles. The zero-order valence-corrected chi connectivity index (χ0v) is 13.9. The SMILES string of the molecule is CCCN(CC(C)(C)CN)c1cc(Cl)c([N+](=O)[O-])cc1C. The number of halogens is 1. The maximum atomic E-state index is 10.9. The second kappa shape index (κ2) is 7.09. The zero-order valence-electron chi connectivity index (χ0n) is 13.1. The Kier molecular flexibility index (Phi) is 5.98. The number of aryl methyl sites for hydroxylation is 1. The van der Waals surface area contributed by atoms with E-state index in [-0.39, 0.29) is 16.1 Å². The summed E-state index contributed by atoms with van der Waals surface area (Å²) >= 11 is 6.05. The van der Waals surface area contributed by atoms with Gasteiger partial charge in [0, 0.05) is 24.8 Å². The summed E-state index contributed by atoms with van der Waals surface area (Å²) in [6.45, 7) is 10.4. The van der Waals surface area contributed by atoms with E-state index >= 15 is 0 Å². The summed E-state index contributed by atoms with van der Waals surface area (Å²) in [6.07, 6.45) is 0.981. The van der Waals surface area contributed by atoms with E-state index in [9.17, 15) is 10.1 Å². The van der Waals surface area contributed by atoms with E-state index in [0.29, 0.717) is 6.54 Å². The van der Waals surface area contributed by atoms with E-state index in [0.717, 1.165) is 30.8 Å². The molecule has 6 heteroatoms. The van der Waals surface area contributed by atoms with Crippen LogP contribution in [0.25, 0.3) is 0 Å². The summed E-state index contributed by atoms with van der Waals surface area (Å²) in [5, 5.41) is 11.1. The molecule has 0 aliphatic carbocycles. The van der Waals surface area contributed by atoms with Crippen molar-refractivity contribution in [3.05, 3.63) is 32.8 Å². The first-order chi connectivity index (χ1) is 9.71. The summed E-state index contributed by atoms with van der Waals surface area (Å²) in [5.41, 5.74) is 7.53. The molecule has 0 bridgehead atoms. The molecular weight excluding hydrogens is 290 g/mol. The van der Waals surface area contributed by atoms with Crippen LogP contribution in [-0.4, -0.2) is 24.6 Å². The highest BCUT2D eigenvalue weighted by atomic mass is 35.5. The first kappa shape index (κ1) is 17.7. The molecule has 0 radical (unpaired) electrons. The molecule has 0 aliphatic heterocycles. The Morgan fingerprint density at radius 3 is 2.52 bits per heavy atom. The zero-order chi connectivity index (χ0) is 16.2. The minimum Gasteiger partial charge on any atom is -0.371 e. The highest BCUT2D eigenvalue weighted by Crippen LogP contribution is 2.33. The normalized spacial score (nSPS) is 11.5. The fraction of sp³-hybridized carbons (Fsp3) is 0.600. The first-order valence-electron chi connectivity index (χ1n) is 7.11. The van der Waals surface area contributed by atoms with Gasteiger partial charge in [-0.15, -0.1) is 0 Å². The van der Waals surface area contributed by atoms with Crippen LogP contribution in [0.2, 0.25) is 5.02 Å². The Hall–Kier alpha value is -1.33. The topological polar surface area (TPSA) is 72.4 Å². The third kappa shape index (κ3) is 4.58. The molecule has 0 saturated carbocycles. The Balaban J connectivity index is 3.20. The fourth-order valence-electron chi connectivity index (χ4n) is 2.27. The van der Waals surface area contributed by atoms with E-state index in [1.165, 1.54) is 6.07 Å². The molecule has 0 atom stereocenters. The van der Waals surface area contributed by atoms with Gasteiger partial charge in [-0.05, 0) is 36.9 Å². The Morgan fingerprint density at radius 2 is 2.05 bits per heavy atom. The van der Waals surface area contributed by atoms with Crippen molar-refractivity contribution in [3.8, 4) is 0 Å². The lowest BCUT2D eigenvalue weighted by atomic mass is 9.92. The molecule has 21 heavy (non-hydrogen) atoms.